The van der Waals surface area contributed by atoms with Crippen LogP contribution in [0, 0.1) is 5.92 Å². The zero-order valence-corrected chi connectivity index (χ0v) is 14.8. The van der Waals surface area contributed by atoms with E-state index in [1.807, 2.05) is 56.9 Å². The maximum absolute atomic E-state index is 12.1. The summed E-state index contributed by atoms with van der Waals surface area (Å²) in [4.78, 5) is 13.9. The number of benzene rings is 1. The molecule has 2 aromatic rings. The molecule has 0 radical (unpaired) electrons. The first-order chi connectivity index (χ1) is 11.3. The number of hydrogen-bond acceptors (Lipinski definition) is 4. The van der Waals surface area contributed by atoms with Crippen LogP contribution < -0.4 is 4.74 Å². The molecule has 1 aliphatic heterocycles. The maximum Gasteiger partial charge on any atom is 0.410 e. The third-order valence-corrected chi connectivity index (χ3v) is 4.14. The Bertz CT molecular complexity index is 733. The Balaban J connectivity index is 1.53. The summed E-state index contributed by atoms with van der Waals surface area (Å²) in [6, 6.07) is 5.98. The van der Waals surface area contributed by atoms with E-state index in [1.54, 1.807) is 4.90 Å². The zero-order valence-electron chi connectivity index (χ0n) is 14.8. The van der Waals surface area contributed by atoms with Crippen LogP contribution in [0.1, 0.15) is 27.2 Å². The molecule has 24 heavy (non-hydrogen) atoms. The second kappa shape index (κ2) is 6.34. The fraction of sp³-hybridized carbons (Fsp3) is 0.556. The molecule has 2 heterocycles. The number of ether oxygens (including phenoxy) is 2. The summed E-state index contributed by atoms with van der Waals surface area (Å²) in [6.45, 7) is 7.67. The van der Waals surface area contributed by atoms with Gasteiger partial charge in [0.2, 0.25) is 0 Å². The van der Waals surface area contributed by atoms with Crippen molar-refractivity contribution in [3.05, 3.63) is 24.4 Å². The highest BCUT2D eigenvalue weighted by molar-refractivity contribution is 5.80. The lowest BCUT2D eigenvalue weighted by Crippen LogP contribution is -2.35. The van der Waals surface area contributed by atoms with Crippen molar-refractivity contribution in [1.82, 2.24) is 14.7 Å². The van der Waals surface area contributed by atoms with Gasteiger partial charge in [-0.1, -0.05) is 0 Å². The summed E-state index contributed by atoms with van der Waals surface area (Å²) < 4.78 is 13.2. The highest BCUT2D eigenvalue weighted by Crippen LogP contribution is 2.23. The molecule has 1 atom stereocenters. The second-order valence-corrected chi connectivity index (χ2v) is 7.38. The molecule has 130 valence electrons. The first kappa shape index (κ1) is 16.6. The van der Waals surface area contributed by atoms with Gasteiger partial charge in [-0.3, -0.25) is 4.68 Å². The Labute approximate surface area is 142 Å². The van der Waals surface area contributed by atoms with Crippen molar-refractivity contribution in [3.63, 3.8) is 0 Å². The third kappa shape index (κ3) is 3.80. The number of amides is 1. The van der Waals surface area contributed by atoms with Crippen LogP contribution in [0.3, 0.4) is 0 Å². The Morgan fingerprint density at radius 3 is 2.92 bits per heavy atom. The fourth-order valence-electron chi connectivity index (χ4n) is 2.91. The van der Waals surface area contributed by atoms with E-state index in [9.17, 15) is 4.79 Å². The predicted octanol–water partition coefficient (Wildman–Crippen LogP) is 3.21. The number of hydrogen-bond donors (Lipinski definition) is 0. The number of aromatic nitrogens is 2. The van der Waals surface area contributed by atoms with E-state index >= 15 is 0 Å². The first-order valence-electron chi connectivity index (χ1n) is 8.34. The lowest BCUT2D eigenvalue weighted by molar-refractivity contribution is 0.0285. The summed E-state index contributed by atoms with van der Waals surface area (Å²) in [5.41, 5.74) is 0.629. The van der Waals surface area contributed by atoms with E-state index in [1.165, 1.54) is 0 Å². The van der Waals surface area contributed by atoms with Crippen molar-refractivity contribution >= 4 is 17.0 Å². The molecule has 0 unspecified atom stereocenters. The minimum absolute atomic E-state index is 0.234. The molecule has 6 heteroatoms. The number of aryl methyl sites for hydroxylation is 1. The van der Waals surface area contributed by atoms with E-state index in [0.29, 0.717) is 19.1 Å². The van der Waals surface area contributed by atoms with Crippen LogP contribution in [0.25, 0.3) is 10.9 Å². The molecule has 0 aliphatic carbocycles. The summed E-state index contributed by atoms with van der Waals surface area (Å²) in [6.07, 6.45) is 2.54. The molecule has 0 spiro atoms. The predicted molar refractivity (Wildman–Crippen MR) is 92.1 cm³/mol. The van der Waals surface area contributed by atoms with Crippen molar-refractivity contribution in [2.75, 3.05) is 19.7 Å². The Kier molecular flexibility index (Phi) is 4.39. The molecule has 0 N–H and O–H groups in total. The molecule has 1 aromatic heterocycles. The van der Waals surface area contributed by atoms with E-state index in [2.05, 4.69) is 5.10 Å². The van der Waals surface area contributed by atoms with Crippen LogP contribution >= 0.6 is 0 Å². The smallest absolute Gasteiger partial charge is 0.410 e. The number of rotatable bonds is 3. The third-order valence-electron chi connectivity index (χ3n) is 4.14. The molecular formula is C18H25N3O3. The van der Waals surface area contributed by atoms with Gasteiger partial charge >= 0.3 is 6.09 Å². The molecule has 0 saturated carbocycles. The van der Waals surface area contributed by atoms with Crippen molar-refractivity contribution in [3.8, 4) is 5.75 Å². The molecule has 1 amide bonds. The second-order valence-electron chi connectivity index (χ2n) is 7.38. The summed E-state index contributed by atoms with van der Waals surface area (Å²) in [5.74, 6) is 1.17. The van der Waals surface area contributed by atoms with Gasteiger partial charge in [0.15, 0.2) is 0 Å². The van der Waals surface area contributed by atoms with E-state index < -0.39 is 5.60 Å². The van der Waals surface area contributed by atoms with Crippen LogP contribution in [0.15, 0.2) is 24.4 Å². The normalized spacial score (nSPS) is 18.2. The molecule has 1 fully saturated rings. The summed E-state index contributed by atoms with van der Waals surface area (Å²) in [5, 5.41) is 5.30. The summed E-state index contributed by atoms with van der Waals surface area (Å²) in [7, 11) is 1.92. The van der Waals surface area contributed by atoms with Gasteiger partial charge in [0.1, 0.15) is 11.4 Å². The molecule has 1 aliphatic rings. The van der Waals surface area contributed by atoms with Gasteiger partial charge in [-0.15, -0.1) is 0 Å². The van der Waals surface area contributed by atoms with Crippen molar-refractivity contribution in [2.45, 2.75) is 32.8 Å². The van der Waals surface area contributed by atoms with E-state index in [-0.39, 0.29) is 6.09 Å². The molecule has 6 nitrogen and oxygen atoms in total. The largest absolute Gasteiger partial charge is 0.493 e. The lowest BCUT2D eigenvalue weighted by atomic mass is 10.1. The van der Waals surface area contributed by atoms with Gasteiger partial charge in [-0.25, -0.2) is 4.79 Å². The van der Waals surface area contributed by atoms with Crippen LogP contribution in [-0.4, -0.2) is 46.1 Å². The minimum atomic E-state index is -0.454. The number of carbonyl (C=O) groups is 1. The van der Waals surface area contributed by atoms with Crippen molar-refractivity contribution in [2.24, 2.45) is 13.0 Å². The number of likely N-dealkylation sites (tertiary alicyclic amines) is 1. The van der Waals surface area contributed by atoms with Gasteiger partial charge in [-0.2, -0.15) is 5.10 Å². The maximum atomic E-state index is 12.1. The Morgan fingerprint density at radius 1 is 1.38 bits per heavy atom. The lowest BCUT2D eigenvalue weighted by Gasteiger charge is -2.24. The highest BCUT2D eigenvalue weighted by atomic mass is 16.6. The van der Waals surface area contributed by atoms with Gasteiger partial charge in [0.25, 0.3) is 0 Å². The van der Waals surface area contributed by atoms with Crippen LogP contribution in [-0.2, 0) is 11.8 Å². The summed E-state index contributed by atoms with van der Waals surface area (Å²) >= 11 is 0. The number of nitrogens with zero attached hydrogens (tertiary/aromatic N) is 3. The Morgan fingerprint density at radius 2 is 2.17 bits per heavy atom. The molecule has 1 saturated heterocycles. The molecule has 0 bridgehead atoms. The minimum Gasteiger partial charge on any atom is -0.493 e. The van der Waals surface area contributed by atoms with Gasteiger partial charge in [0.05, 0.1) is 18.3 Å². The SMILES string of the molecule is Cn1ncc2cc(OC[C@@H]3CCN(C(=O)OC(C)(C)C)C3)ccc21. The number of carbonyl (C=O) groups excluding carboxylic acids is 1. The van der Waals surface area contributed by atoms with E-state index in [4.69, 9.17) is 9.47 Å². The van der Waals surface area contributed by atoms with Crippen molar-refractivity contribution in [1.29, 1.82) is 0 Å². The fourth-order valence-corrected chi connectivity index (χ4v) is 2.91. The monoisotopic (exact) mass is 331 g/mol. The quantitative estimate of drug-likeness (QED) is 0.866. The van der Waals surface area contributed by atoms with Gasteiger partial charge in [-0.05, 0) is 45.4 Å². The molecule has 1 aromatic carbocycles. The highest BCUT2D eigenvalue weighted by Gasteiger charge is 2.30. The van der Waals surface area contributed by atoms with Crippen LogP contribution in [0.4, 0.5) is 4.79 Å². The molecule has 3 rings (SSSR count). The number of fused-ring (bicyclic) bond motifs is 1. The van der Waals surface area contributed by atoms with Gasteiger partial charge < -0.3 is 14.4 Å². The zero-order chi connectivity index (χ0) is 17.3. The van der Waals surface area contributed by atoms with E-state index in [0.717, 1.165) is 29.6 Å². The van der Waals surface area contributed by atoms with Crippen LogP contribution in [0.2, 0.25) is 0 Å². The van der Waals surface area contributed by atoms with Crippen molar-refractivity contribution < 1.29 is 14.3 Å². The molecular weight excluding hydrogens is 306 g/mol. The standard InChI is InChI=1S/C18H25N3O3/c1-18(2,3)24-17(22)21-8-7-13(11-21)12-23-15-5-6-16-14(9-15)10-19-20(16)4/h5-6,9-10,13H,7-8,11-12H2,1-4H3/t13-/m1/s1. The van der Waals surface area contributed by atoms with Crippen LogP contribution in [0.5, 0.6) is 5.75 Å². The average molecular weight is 331 g/mol. The average Bonchev–Trinajstić information content (AvgIpc) is 3.11. The Hall–Kier alpha value is -2.24. The first-order valence-corrected chi connectivity index (χ1v) is 8.34. The topological polar surface area (TPSA) is 56.6 Å². The van der Waals surface area contributed by atoms with Gasteiger partial charge in [0, 0.05) is 31.4 Å².